The van der Waals surface area contributed by atoms with Gasteiger partial charge in [-0.1, -0.05) is 0 Å². The summed E-state index contributed by atoms with van der Waals surface area (Å²) in [6.07, 6.45) is -4.75. The van der Waals surface area contributed by atoms with E-state index in [0.29, 0.717) is 6.07 Å². The van der Waals surface area contributed by atoms with Crippen LogP contribution < -0.4 is 5.14 Å². The summed E-state index contributed by atoms with van der Waals surface area (Å²) in [5.41, 5.74) is 0.238. The van der Waals surface area contributed by atoms with Gasteiger partial charge in [-0.3, -0.25) is 0 Å². The first-order valence-electron chi connectivity index (χ1n) is 4.69. The molecule has 2 aromatic rings. The second-order valence-electron chi connectivity index (χ2n) is 3.47. The van der Waals surface area contributed by atoms with Crippen LogP contribution in [0, 0.1) is 0 Å². The van der Waals surface area contributed by atoms with Crippen LogP contribution in [0.5, 0.6) is 0 Å². The largest absolute Gasteiger partial charge is 0.433 e. The number of alkyl halides is 3. The Kier molecular flexibility index (Phi) is 3.32. The summed E-state index contributed by atoms with van der Waals surface area (Å²) in [5, 5.41) is 5.54. The topological polar surface area (TPSA) is 85.9 Å². The fraction of sp³-hybridized carbons (Fsp3) is 0.111. The van der Waals surface area contributed by atoms with Gasteiger partial charge in [-0.25, -0.2) is 23.5 Å². The number of thiazole rings is 1. The number of primary sulfonamides is 1. The van der Waals surface area contributed by atoms with Crippen molar-refractivity contribution >= 4 is 21.4 Å². The summed E-state index contributed by atoms with van der Waals surface area (Å²) in [5.74, 6) is 0. The number of nitrogens with two attached hydrogens (primary N) is 1. The van der Waals surface area contributed by atoms with Crippen molar-refractivity contribution < 1.29 is 21.6 Å². The number of hydrogen-bond acceptors (Lipinski definition) is 5. The first-order valence-corrected chi connectivity index (χ1v) is 7.18. The lowest BCUT2D eigenvalue weighted by atomic mass is 10.2. The van der Waals surface area contributed by atoms with Crippen LogP contribution >= 0.6 is 11.3 Å². The highest BCUT2D eigenvalue weighted by atomic mass is 32.2. The molecular weight excluding hydrogens is 303 g/mol. The standard InChI is InChI=1S/C9H6F3N3O2S2/c10-9(11,12)7-2-1-5(6-3-18-4-14-6)8(15-7)19(13,16)17/h1-4H,(H2,13,16,17). The van der Waals surface area contributed by atoms with E-state index in [1.165, 1.54) is 22.2 Å². The molecule has 0 aliphatic rings. The maximum absolute atomic E-state index is 12.5. The van der Waals surface area contributed by atoms with Crippen LogP contribution in [0.1, 0.15) is 5.69 Å². The molecule has 5 nitrogen and oxygen atoms in total. The summed E-state index contributed by atoms with van der Waals surface area (Å²) < 4.78 is 60.3. The van der Waals surface area contributed by atoms with Crippen LogP contribution in [0.25, 0.3) is 11.3 Å². The number of nitrogens with zero attached hydrogens (tertiary/aromatic N) is 2. The van der Waals surface area contributed by atoms with E-state index in [9.17, 15) is 21.6 Å². The third kappa shape index (κ3) is 2.91. The van der Waals surface area contributed by atoms with Crippen molar-refractivity contribution in [2.75, 3.05) is 0 Å². The molecule has 0 unspecified atom stereocenters. The molecule has 0 spiro atoms. The predicted molar refractivity (Wildman–Crippen MR) is 61.7 cm³/mol. The van der Waals surface area contributed by atoms with Crippen LogP contribution in [0.15, 0.2) is 28.0 Å². The fourth-order valence-electron chi connectivity index (χ4n) is 1.36. The lowest BCUT2D eigenvalue weighted by molar-refractivity contribution is -0.141. The second kappa shape index (κ2) is 4.54. The Morgan fingerprint density at radius 3 is 2.42 bits per heavy atom. The number of sulfonamides is 1. The van der Waals surface area contributed by atoms with Gasteiger partial charge in [0.1, 0.15) is 5.69 Å². The maximum atomic E-state index is 12.5. The van der Waals surface area contributed by atoms with Crippen molar-refractivity contribution in [1.82, 2.24) is 9.97 Å². The van der Waals surface area contributed by atoms with Crippen LogP contribution in [0.2, 0.25) is 0 Å². The Morgan fingerprint density at radius 1 is 1.26 bits per heavy atom. The molecule has 0 amide bonds. The lowest BCUT2D eigenvalue weighted by Crippen LogP contribution is -2.18. The van der Waals surface area contributed by atoms with Gasteiger partial charge in [0, 0.05) is 10.9 Å². The summed E-state index contributed by atoms with van der Waals surface area (Å²) in [4.78, 5) is 6.93. The van der Waals surface area contributed by atoms with Gasteiger partial charge in [-0.15, -0.1) is 11.3 Å². The molecule has 0 bridgehead atoms. The summed E-state index contributed by atoms with van der Waals surface area (Å²) in [7, 11) is -4.39. The minimum atomic E-state index is -4.75. The molecule has 2 N–H and O–H groups in total. The van der Waals surface area contributed by atoms with Crippen LogP contribution in [0.4, 0.5) is 13.2 Å². The molecule has 102 valence electrons. The number of pyridine rings is 1. The molecule has 10 heteroatoms. The lowest BCUT2D eigenvalue weighted by Gasteiger charge is -2.09. The third-order valence-electron chi connectivity index (χ3n) is 2.13. The smallest absolute Gasteiger partial charge is 0.245 e. The zero-order valence-corrected chi connectivity index (χ0v) is 10.7. The van der Waals surface area contributed by atoms with Gasteiger partial charge in [-0.05, 0) is 12.1 Å². The Morgan fingerprint density at radius 2 is 1.95 bits per heavy atom. The minimum absolute atomic E-state index is 0.0586. The quantitative estimate of drug-likeness (QED) is 0.917. The van der Waals surface area contributed by atoms with Crippen molar-refractivity contribution in [3.63, 3.8) is 0 Å². The molecule has 2 rings (SSSR count). The normalized spacial score (nSPS) is 12.6. The maximum Gasteiger partial charge on any atom is 0.433 e. The number of aromatic nitrogens is 2. The highest BCUT2D eigenvalue weighted by molar-refractivity contribution is 7.89. The van der Waals surface area contributed by atoms with Crippen LogP contribution in [-0.4, -0.2) is 18.4 Å². The molecule has 0 aromatic carbocycles. The zero-order chi connectivity index (χ0) is 14.3. The van der Waals surface area contributed by atoms with Gasteiger partial charge in [0.25, 0.3) is 10.0 Å². The SMILES string of the molecule is NS(=O)(=O)c1nc(C(F)(F)F)ccc1-c1cscn1. The molecule has 0 radical (unpaired) electrons. The summed E-state index contributed by atoms with van der Waals surface area (Å²) >= 11 is 1.17. The highest BCUT2D eigenvalue weighted by Gasteiger charge is 2.34. The number of halogens is 3. The number of hydrogen-bond donors (Lipinski definition) is 1. The predicted octanol–water partition coefficient (Wildman–Crippen LogP) is 1.87. The molecule has 0 fully saturated rings. The van der Waals surface area contributed by atoms with Crippen molar-refractivity contribution in [1.29, 1.82) is 0 Å². The Labute approximate surface area is 110 Å². The average Bonchev–Trinajstić information content (AvgIpc) is 2.79. The van der Waals surface area contributed by atoms with Gasteiger partial charge in [0.05, 0.1) is 11.2 Å². The summed E-state index contributed by atoms with van der Waals surface area (Å²) in [6.45, 7) is 0. The molecule has 19 heavy (non-hydrogen) atoms. The van der Waals surface area contributed by atoms with E-state index < -0.39 is 26.9 Å². The molecule has 0 saturated heterocycles. The molecule has 0 atom stereocenters. The van der Waals surface area contributed by atoms with E-state index in [2.05, 4.69) is 9.97 Å². The average molecular weight is 309 g/mol. The summed E-state index contributed by atoms with van der Waals surface area (Å²) in [6, 6.07) is 1.67. The molecular formula is C9H6F3N3O2S2. The van der Waals surface area contributed by atoms with Crippen molar-refractivity contribution in [2.24, 2.45) is 5.14 Å². The van der Waals surface area contributed by atoms with Gasteiger partial charge < -0.3 is 0 Å². The minimum Gasteiger partial charge on any atom is -0.245 e. The Balaban J connectivity index is 2.70. The molecule has 2 aromatic heterocycles. The van der Waals surface area contributed by atoms with Crippen molar-refractivity contribution in [3.8, 4) is 11.3 Å². The molecule has 0 aliphatic heterocycles. The van der Waals surface area contributed by atoms with Crippen molar-refractivity contribution in [3.05, 3.63) is 28.7 Å². The van der Waals surface area contributed by atoms with Crippen molar-refractivity contribution in [2.45, 2.75) is 11.2 Å². The van der Waals surface area contributed by atoms with E-state index in [0.717, 1.165) is 6.07 Å². The van der Waals surface area contributed by atoms with Gasteiger partial charge in [0.2, 0.25) is 0 Å². The van der Waals surface area contributed by atoms with Gasteiger partial charge in [0.15, 0.2) is 5.03 Å². The van der Waals surface area contributed by atoms with E-state index in [-0.39, 0.29) is 11.3 Å². The first-order chi connectivity index (χ1) is 8.69. The zero-order valence-electron chi connectivity index (χ0n) is 9.05. The van der Waals surface area contributed by atoms with Crippen LogP contribution in [0.3, 0.4) is 0 Å². The first kappa shape index (κ1) is 13.9. The number of rotatable bonds is 2. The fourth-order valence-corrected chi connectivity index (χ4v) is 2.61. The van der Waals surface area contributed by atoms with Gasteiger partial charge in [-0.2, -0.15) is 13.2 Å². The van der Waals surface area contributed by atoms with Crippen LogP contribution in [-0.2, 0) is 16.2 Å². The highest BCUT2D eigenvalue weighted by Crippen LogP contribution is 2.32. The second-order valence-corrected chi connectivity index (χ2v) is 5.66. The van der Waals surface area contributed by atoms with E-state index >= 15 is 0 Å². The van der Waals surface area contributed by atoms with E-state index in [1.54, 1.807) is 0 Å². The third-order valence-corrected chi connectivity index (χ3v) is 3.57. The molecule has 2 heterocycles. The molecule has 0 saturated carbocycles. The monoisotopic (exact) mass is 309 g/mol. The van der Waals surface area contributed by atoms with E-state index in [4.69, 9.17) is 5.14 Å². The Bertz CT molecular complexity index is 696. The Hall–Kier alpha value is -1.52. The van der Waals surface area contributed by atoms with E-state index in [1.807, 2.05) is 0 Å². The molecule has 0 aliphatic carbocycles. The van der Waals surface area contributed by atoms with Gasteiger partial charge >= 0.3 is 6.18 Å².